The van der Waals surface area contributed by atoms with Crippen molar-refractivity contribution in [3.8, 4) is 0 Å². The molecule has 0 spiro atoms. The fourth-order valence-electron chi connectivity index (χ4n) is 2.30. The topological polar surface area (TPSA) is 62.3 Å². The second-order valence-corrected chi connectivity index (χ2v) is 5.85. The summed E-state index contributed by atoms with van der Waals surface area (Å²) in [6.45, 7) is 2.95. The standard InChI is InChI=1S/C14H18BrN3O2/c1-2-3-12-14(20)18(5-4-13(19)17-12)9-10-6-11(15)8-16-7-10/h6-8,12H,2-5,9H2,1H3,(H,17,19). The van der Waals surface area contributed by atoms with E-state index < -0.39 is 6.04 Å². The Balaban J connectivity index is 2.12. The van der Waals surface area contributed by atoms with Crippen LogP contribution in [0.3, 0.4) is 0 Å². The van der Waals surface area contributed by atoms with Crippen molar-refractivity contribution in [3.63, 3.8) is 0 Å². The molecule has 1 aliphatic rings. The maximum absolute atomic E-state index is 12.4. The highest BCUT2D eigenvalue weighted by atomic mass is 79.9. The van der Waals surface area contributed by atoms with E-state index in [0.29, 0.717) is 25.9 Å². The van der Waals surface area contributed by atoms with Crippen LogP contribution in [0.15, 0.2) is 22.9 Å². The number of carbonyl (C=O) groups is 2. The van der Waals surface area contributed by atoms with E-state index in [4.69, 9.17) is 0 Å². The van der Waals surface area contributed by atoms with Crippen molar-refractivity contribution in [2.75, 3.05) is 6.54 Å². The molecular weight excluding hydrogens is 322 g/mol. The van der Waals surface area contributed by atoms with E-state index in [-0.39, 0.29) is 11.8 Å². The van der Waals surface area contributed by atoms with Gasteiger partial charge >= 0.3 is 0 Å². The lowest BCUT2D eigenvalue weighted by atomic mass is 10.1. The molecule has 0 saturated carbocycles. The zero-order valence-corrected chi connectivity index (χ0v) is 13.0. The van der Waals surface area contributed by atoms with E-state index in [1.54, 1.807) is 17.3 Å². The molecule has 108 valence electrons. The average molecular weight is 340 g/mol. The van der Waals surface area contributed by atoms with Crippen LogP contribution in [0.25, 0.3) is 0 Å². The molecular formula is C14H18BrN3O2. The maximum atomic E-state index is 12.4. The molecule has 0 radical (unpaired) electrons. The molecule has 2 rings (SSSR count). The van der Waals surface area contributed by atoms with Gasteiger partial charge in [-0.2, -0.15) is 0 Å². The summed E-state index contributed by atoms with van der Waals surface area (Å²) in [5.41, 5.74) is 0.956. The van der Waals surface area contributed by atoms with Crippen molar-refractivity contribution < 1.29 is 9.59 Å². The average Bonchev–Trinajstić information content (AvgIpc) is 2.53. The molecule has 6 heteroatoms. The molecule has 0 bridgehead atoms. The van der Waals surface area contributed by atoms with Gasteiger partial charge in [0, 0.05) is 36.4 Å². The van der Waals surface area contributed by atoms with Crippen molar-refractivity contribution in [1.29, 1.82) is 0 Å². The van der Waals surface area contributed by atoms with Gasteiger partial charge in [0.1, 0.15) is 6.04 Å². The predicted octanol–water partition coefficient (Wildman–Crippen LogP) is 1.86. The van der Waals surface area contributed by atoms with Gasteiger partial charge in [0.05, 0.1) is 0 Å². The van der Waals surface area contributed by atoms with Gasteiger partial charge < -0.3 is 10.2 Å². The Morgan fingerprint density at radius 1 is 1.45 bits per heavy atom. The molecule has 1 unspecified atom stereocenters. The number of halogens is 1. The largest absolute Gasteiger partial charge is 0.344 e. The van der Waals surface area contributed by atoms with E-state index >= 15 is 0 Å². The molecule has 1 aromatic rings. The lowest BCUT2D eigenvalue weighted by molar-refractivity contribution is -0.134. The summed E-state index contributed by atoms with van der Waals surface area (Å²) >= 11 is 3.37. The van der Waals surface area contributed by atoms with Gasteiger partial charge in [-0.05, 0) is 34.0 Å². The zero-order valence-electron chi connectivity index (χ0n) is 11.4. The monoisotopic (exact) mass is 339 g/mol. The van der Waals surface area contributed by atoms with Crippen LogP contribution >= 0.6 is 15.9 Å². The summed E-state index contributed by atoms with van der Waals surface area (Å²) in [5, 5.41) is 2.80. The fourth-order valence-corrected chi connectivity index (χ4v) is 2.71. The first kappa shape index (κ1) is 15.0. The number of pyridine rings is 1. The van der Waals surface area contributed by atoms with E-state index in [1.165, 1.54) is 0 Å². The molecule has 0 aromatic carbocycles. The minimum Gasteiger partial charge on any atom is -0.344 e. The summed E-state index contributed by atoms with van der Waals surface area (Å²) in [6.07, 6.45) is 5.35. The molecule has 1 saturated heterocycles. The minimum absolute atomic E-state index is 0.00215. The lowest BCUT2D eigenvalue weighted by Crippen LogP contribution is -2.44. The molecule has 1 aromatic heterocycles. The first-order chi connectivity index (χ1) is 9.60. The molecule has 5 nitrogen and oxygen atoms in total. The number of hydrogen-bond donors (Lipinski definition) is 1. The molecule has 2 heterocycles. The first-order valence-corrected chi connectivity index (χ1v) is 7.57. The van der Waals surface area contributed by atoms with Crippen molar-refractivity contribution in [2.45, 2.75) is 38.8 Å². The van der Waals surface area contributed by atoms with Crippen molar-refractivity contribution in [1.82, 2.24) is 15.2 Å². The first-order valence-electron chi connectivity index (χ1n) is 6.77. The predicted molar refractivity (Wildman–Crippen MR) is 78.8 cm³/mol. The minimum atomic E-state index is -0.393. The zero-order chi connectivity index (χ0) is 14.5. The second kappa shape index (κ2) is 6.83. The molecule has 0 aliphatic carbocycles. The van der Waals surface area contributed by atoms with Crippen LogP contribution in [0, 0.1) is 0 Å². The van der Waals surface area contributed by atoms with Gasteiger partial charge in [-0.3, -0.25) is 14.6 Å². The number of amides is 2. The third-order valence-corrected chi connectivity index (χ3v) is 3.70. The van der Waals surface area contributed by atoms with Crippen LogP contribution < -0.4 is 5.32 Å². The van der Waals surface area contributed by atoms with Crippen LogP contribution in [0.1, 0.15) is 31.7 Å². The van der Waals surface area contributed by atoms with E-state index in [2.05, 4.69) is 26.2 Å². The van der Waals surface area contributed by atoms with Gasteiger partial charge in [0.2, 0.25) is 11.8 Å². The lowest BCUT2D eigenvalue weighted by Gasteiger charge is -2.23. The quantitative estimate of drug-likeness (QED) is 0.910. The number of carbonyl (C=O) groups excluding carboxylic acids is 2. The number of nitrogens with one attached hydrogen (secondary N) is 1. The van der Waals surface area contributed by atoms with Gasteiger partial charge in [-0.15, -0.1) is 0 Å². The van der Waals surface area contributed by atoms with Gasteiger partial charge in [-0.25, -0.2) is 0 Å². The third-order valence-electron chi connectivity index (χ3n) is 3.27. The summed E-state index contributed by atoms with van der Waals surface area (Å²) in [6, 6.07) is 1.55. The van der Waals surface area contributed by atoms with E-state index in [9.17, 15) is 9.59 Å². The molecule has 1 aliphatic heterocycles. The van der Waals surface area contributed by atoms with Crippen molar-refractivity contribution >= 4 is 27.7 Å². The molecule has 1 fully saturated rings. The Hall–Kier alpha value is -1.43. The summed E-state index contributed by atoms with van der Waals surface area (Å²) in [5.74, 6) is -0.0515. The number of aromatic nitrogens is 1. The molecule has 1 N–H and O–H groups in total. The van der Waals surface area contributed by atoms with E-state index in [0.717, 1.165) is 16.5 Å². The smallest absolute Gasteiger partial charge is 0.245 e. The number of hydrogen-bond acceptors (Lipinski definition) is 3. The van der Waals surface area contributed by atoms with Crippen molar-refractivity contribution in [2.24, 2.45) is 0 Å². The van der Waals surface area contributed by atoms with Gasteiger partial charge in [0.15, 0.2) is 0 Å². The second-order valence-electron chi connectivity index (χ2n) is 4.93. The summed E-state index contributed by atoms with van der Waals surface area (Å²) < 4.78 is 0.886. The Morgan fingerprint density at radius 3 is 2.95 bits per heavy atom. The number of nitrogens with zero attached hydrogens (tertiary/aromatic N) is 2. The highest BCUT2D eigenvalue weighted by molar-refractivity contribution is 9.10. The third kappa shape index (κ3) is 3.79. The highest BCUT2D eigenvalue weighted by Crippen LogP contribution is 2.15. The van der Waals surface area contributed by atoms with Crippen LogP contribution in [0.2, 0.25) is 0 Å². The summed E-state index contributed by atoms with van der Waals surface area (Å²) in [7, 11) is 0. The van der Waals surface area contributed by atoms with Crippen LogP contribution in [-0.2, 0) is 16.1 Å². The molecule has 2 amide bonds. The Kier molecular flexibility index (Phi) is 5.11. The van der Waals surface area contributed by atoms with E-state index in [1.807, 2.05) is 13.0 Å². The number of rotatable bonds is 4. The Morgan fingerprint density at radius 2 is 2.25 bits per heavy atom. The molecule has 1 atom stereocenters. The van der Waals surface area contributed by atoms with Gasteiger partial charge in [0.25, 0.3) is 0 Å². The van der Waals surface area contributed by atoms with Crippen LogP contribution in [0.4, 0.5) is 0 Å². The Bertz CT molecular complexity index is 507. The fraction of sp³-hybridized carbons (Fsp3) is 0.500. The van der Waals surface area contributed by atoms with Gasteiger partial charge in [-0.1, -0.05) is 13.3 Å². The SMILES string of the molecule is CCCC1NC(=O)CCN(Cc2cncc(Br)c2)C1=O. The summed E-state index contributed by atoms with van der Waals surface area (Å²) in [4.78, 5) is 29.9. The highest BCUT2D eigenvalue weighted by Gasteiger charge is 2.29. The van der Waals surface area contributed by atoms with Crippen LogP contribution in [-0.4, -0.2) is 34.3 Å². The molecule has 20 heavy (non-hydrogen) atoms. The maximum Gasteiger partial charge on any atom is 0.245 e. The Labute approximate surface area is 126 Å². The van der Waals surface area contributed by atoms with Crippen molar-refractivity contribution in [3.05, 3.63) is 28.5 Å². The normalized spacial score (nSPS) is 19.7. The van der Waals surface area contributed by atoms with Crippen LogP contribution in [0.5, 0.6) is 0 Å².